The highest BCUT2D eigenvalue weighted by atomic mass is 32.2. The molecule has 0 aliphatic carbocycles. The molecule has 2 heterocycles. The second kappa shape index (κ2) is 9.25. The molecule has 0 saturated carbocycles. The van der Waals surface area contributed by atoms with E-state index in [1.807, 2.05) is 18.7 Å². The fraction of sp³-hybridized carbons (Fsp3) is 0.364. The highest BCUT2D eigenvalue weighted by Gasteiger charge is 2.30. The summed E-state index contributed by atoms with van der Waals surface area (Å²) >= 11 is 0. The van der Waals surface area contributed by atoms with Gasteiger partial charge in [0.25, 0.3) is 0 Å². The van der Waals surface area contributed by atoms with Gasteiger partial charge in [-0.15, -0.1) is 0 Å². The van der Waals surface area contributed by atoms with Crippen LogP contribution >= 0.6 is 0 Å². The molecule has 1 aliphatic rings. The Balaban J connectivity index is 1.37. The molecule has 2 aromatic carbocycles. The van der Waals surface area contributed by atoms with Crippen LogP contribution in [0.5, 0.6) is 5.75 Å². The van der Waals surface area contributed by atoms with Crippen molar-refractivity contribution in [2.24, 2.45) is 0 Å². The first-order valence-corrected chi connectivity index (χ1v) is 11.8. The minimum Gasteiger partial charge on any atom is -0.491 e. The standard InChI is InChI=1S/C22H25FN4O4S/c1-16(2)30-19-6-8-20(9-7-19)32(28,29)27-12-10-26(11-13-27)22-24-21(25-31-22)15-17-4-3-5-18(23)14-17/h3-9,14,16H,10-13,15H2,1-2H3. The van der Waals surface area contributed by atoms with Crippen LogP contribution in [0.15, 0.2) is 57.9 Å². The van der Waals surface area contributed by atoms with Gasteiger partial charge in [-0.25, -0.2) is 12.8 Å². The zero-order chi connectivity index (χ0) is 22.7. The molecule has 1 saturated heterocycles. The van der Waals surface area contributed by atoms with Crippen molar-refractivity contribution in [3.05, 3.63) is 65.7 Å². The number of nitrogens with zero attached hydrogens (tertiary/aromatic N) is 4. The number of piperazine rings is 1. The monoisotopic (exact) mass is 460 g/mol. The highest BCUT2D eigenvalue weighted by molar-refractivity contribution is 7.89. The molecule has 3 aromatic rings. The third-order valence-corrected chi connectivity index (χ3v) is 6.96. The maximum absolute atomic E-state index is 13.4. The lowest BCUT2D eigenvalue weighted by Gasteiger charge is -2.32. The minimum absolute atomic E-state index is 0.0182. The van der Waals surface area contributed by atoms with E-state index in [0.29, 0.717) is 50.2 Å². The summed E-state index contributed by atoms with van der Waals surface area (Å²) in [6.07, 6.45) is 0.371. The van der Waals surface area contributed by atoms with Crippen LogP contribution in [-0.4, -0.2) is 55.1 Å². The number of hydrogen-bond acceptors (Lipinski definition) is 7. The van der Waals surface area contributed by atoms with Crippen molar-refractivity contribution in [2.45, 2.75) is 31.3 Å². The molecule has 170 valence electrons. The molecule has 1 aromatic heterocycles. The van der Waals surface area contributed by atoms with Gasteiger partial charge in [-0.3, -0.25) is 0 Å². The first-order chi connectivity index (χ1) is 15.3. The first kappa shape index (κ1) is 22.2. The molecule has 1 fully saturated rings. The first-order valence-electron chi connectivity index (χ1n) is 10.4. The summed E-state index contributed by atoms with van der Waals surface area (Å²) in [7, 11) is -3.60. The number of ether oxygens (including phenoxy) is 1. The number of rotatable bonds is 7. The Morgan fingerprint density at radius 1 is 1.09 bits per heavy atom. The van der Waals surface area contributed by atoms with Gasteiger partial charge in [0.2, 0.25) is 10.0 Å². The highest BCUT2D eigenvalue weighted by Crippen LogP contribution is 2.23. The summed E-state index contributed by atoms with van der Waals surface area (Å²) in [5, 5.41) is 3.97. The van der Waals surface area contributed by atoms with Crippen molar-refractivity contribution < 1.29 is 22.1 Å². The molecule has 1 aliphatic heterocycles. The van der Waals surface area contributed by atoms with Gasteiger partial charge in [0.1, 0.15) is 11.6 Å². The molecular formula is C22H25FN4O4S. The van der Waals surface area contributed by atoms with Gasteiger partial charge < -0.3 is 14.2 Å². The fourth-order valence-electron chi connectivity index (χ4n) is 3.51. The van der Waals surface area contributed by atoms with Gasteiger partial charge >= 0.3 is 6.01 Å². The third-order valence-electron chi connectivity index (χ3n) is 5.05. The van der Waals surface area contributed by atoms with Crippen LogP contribution in [0.2, 0.25) is 0 Å². The zero-order valence-corrected chi connectivity index (χ0v) is 18.8. The lowest BCUT2D eigenvalue weighted by atomic mass is 10.1. The second-order valence-corrected chi connectivity index (χ2v) is 9.77. The van der Waals surface area contributed by atoms with Crippen LogP contribution in [-0.2, 0) is 16.4 Å². The molecule has 0 unspecified atom stereocenters. The smallest absolute Gasteiger partial charge is 0.324 e. The summed E-state index contributed by atoms with van der Waals surface area (Å²) < 4.78 is 51.7. The van der Waals surface area contributed by atoms with Crippen LogP contribution in [0.1, 0.15) is 25.2 Å². The molecule has 0 atom stereocenters. The summed E-state index contributed by atoms with van der Waals surface area (Å²) in [5.41, 5.74) is 0.748. The molecule has 4 rings (SSSR count). The summed E-state index contributed by atoms with van der Waals surface area (Å²) in [6, 6.07) is 13.0. The van der Waals surface area contributed by atoms with E-state index in [1.165, 1.54) is 16.4 Å². The van der Waals surface area contributed by atoms with E-state index in [1.54, 1.807) is 36.4 Å². The normalized spacial score (nSPS) is 15.3. The third kappa shape index (κ3) is 5.08. The van der Waals surface area contributed by atoms with Crippen molar-refractivity contribution in [1.82, 2.24) is 14.4 Å². The number of halogens is 1. The average molecular weight is 461 g/mol. The van der Waals surface area contributed by atoms with Crippen LogP contribution < -0.4 is 9.64 Å². The Morgan fingerprint density at radius 2 is 1.81 bits per heavy atom. The number of aromatic nitrogens is 2. The molecule has 32 heavy (non-hydrogen) atoms. The van der Waals surface area contributed by atoms with Crippen LogP contribution in [0.25, 0.3) is 0 Å². The molecule has 0 amide bonds. The Morgan fingerprint density at radius 3 is 2.47 bits per heavy atom. The predicted octanol–water partition coefficient (Wildman–Crippen LogP) is 3.10. The Kier molecular flexibility index (Phi) is 6.43. The second-order valence-electron chi connectivity index (χ2n) is 7.83. The topological polar surface area (TPSA) is 88.8 Å². The lowest BCUT2D eigenvalue weighted by Crippen LogP contribution is -2.48. The SMILES string of the molecule is CC(C)Oc1ccc(S(=O)(=O)N2CCN(c3nc(Cc4cccc(F)c4)no3)CC2)cc1. The van der Waals surface area contributed by atoms with Crippen molar-refractivity contribution in [2.75, 3.05) is 31.1 Å². The fourth-order valence-corrected chi connectivity index (χ4v) is 4.93. The zero-order valence-electron chi connectivity index (χ0n) is 17.9. The largest absolute Gasteiger partial charge is 0.491 e. The Labute approximate surface area is 186 Å². The average Bonchev–Trinajstić information content (AvgIpc) is 3.22. The van der Waals surface area contributed by atoms with E-state index in [-0.39, 0.29) is 16.8 Å². The van der Waals surface area contributed by atoms with E-state index < -0.39 is 10.0 Å². The van der Waals surface area contributed by atoms with E-state index in [4.69, 9.17) is 9.26 Å². The Bertz CT molecular complexity index is 1160. The molecule has 8 nitrogen and oxygen atoms in total. The van der Waals surface area contributed by atoms with Crippen molar-refractivity contribution >= 4 is 16.0 Å². The van der Waals surface area contributed by atoms with Gasteiger partial charge in [0.15, 0.2) is 5.82 Å². The number of benzene rings is 2. The Hall–Kier alpha value is -2.98. The molecule has 0 bridgehead atoms. The lowest BCUT2D eigenvalue weighted by molar-refractivity contribution is 0.242. The number of anilines is 1. The predicted molar refractivity (Wildman–Crippen MR) is 117 cm³/mol. The van der Waals surface area contributed by atoms with Crippen LogP contribution in [0, 0.1) is 5.82 Å². The van der Waals surface area contributed by atoms with Crippen LogP contribution in [0.4, 0.5) is 10.4 Å². The van der Waals surface area contributed by atoms with Gasteiger partial charge in [0.05, 0.1) is 11.0 Å². The summed E-state index contributed by atoms with van der Waals surface area (Å²) in [6.45, 7) is 5.28. The molecule has 0 radical (unpaired) electrons. The minimum atomic E-state index is -3.60. The van der Waals surface area contributed by atoms with Gasteiger partial charge in [-0.2, -0.15) is 9.29 Å². The van der Waals surface area contributed by atoms with Gasteiger partial charge in [0, 0.05) is 32.6 Å². The maximum atomic E-state index is 13.4. The van der Waals surface area contributed by atoms with Crippen molar-refractivity contribution in [1.29, 1.82) is 0 Å². The molecule has 0 spiro atoms. The van der Waals surface area contributed by atoms with Crippen molar-refractivity contribution in [3.8, 4) is 5.75 Å². The number of sulfonamides is 1. The quantitative estimate of drug-likeness (QED) is 0.535. The van der Waals surface area contributed by atoms with Crippen LogP contribution in [0.3, 0.4) is 0 Å². The molecule has 0 N–H and O–H groups in total. The van der Waals surface area contributed by atoms with E-state index >= 15 is 0 Å². The molecule has 10 heteroatoms. The van der Waals surface area contributed by atoms with Crippen molar-refractivity contribution in [3.63, 3.8) is 0 Å². The summed E-state index contributed by atoms with van der Waals surface area (Å²) in [5.74, 6) is 0.768. The van der Waals surface area contributed by atoms with Gasteiger partial charge in [-0.05, 0) is 55.8 Å². The van der Waals surface area contributed by atoms with Gasteiger partial charge in [-0.1, -0.05) is 17.3 Å². The summed E-state index contributed by atoms with van der Waals surface area (Å²) in [4.78, 5) is 6.47. The van der Waals surface area contributed by atoms with E-state index in [0.717, 1.165) is 5.56 Å². The van der Waals surface area contributed by atoms with E-state index in [2.05, 4.69) is 10.1 Å². The maximum Gasteiger partial charge on any atom is 0.324 e. The molecular weight excluding hydrogens is 435 g/mol. The van der Waals surface area contributed by atoms with E-state index in [9.17, 15) is 12.8 Å². The number of hydrogen-bond donors (Lipinski definition) is 0.